The first-order valence-electron chi connectivity index (χ1n) is 6.91. The van der Waals surface area contributed by atoms with E-state index in [0.717, 1.165) is 30.2 Å². The van der Waals surface area contributed by atoms with Gasteiger partial charge in [-0.1, -0.05) is 18.2 Å². The maximum absolute atomic E-state index is 12.8. The van der Waals surface area contributed by atoms with E-state index in [0.29, 0.717) is 6.54 Å². The van der Waals surface area contributed by atoms with E-state index < -0.39 is 0 Å². The Morgan fingerprint density at radius 2 is 1.95 bits per heavy atom. The fraction of sp³-hybridized carbons (Fsp3) is 0.312. The summed E-state index contributed by atoms with van der Waals surface area (Å²) in [5.41, 5.74) is 4.01. The molecule has 0 saturated carbocycles. The molecule has 0 radical (unpaired) electrons. The predicted molar refractivity (Wildman–Crippen MR) is 87.2 cm³/mol. The van der Waals surface area contributed by atoms with E-state index in [2.05, 4.69) is 11.4 Å². The maximum Gasteiger partial charge on any atom is 0.274 e. The van der Waals surface area contributed by atoms with Crippen LogP contribution in [0.15, 0.2) is 36.4 Å². The van der Waals surface area contributed by atoms with Crippen molar-refractivity contribution < 1.29 is 4.79 Å². The molecule has 0 fully saturated rings. The largest absolute Gasteiger partial charge is 0.344 e. The molecule has 2 aromatic rings. The fourth-order valence-corrected chi connectivity index (χ4v) is 2.64. The number of anilines is 1. The molecule has 1 aliphatic rings. The molecule has 4 nitrogen and oxygen atoms in total. The number of rotatable bonds is 1. The molecule has 0 unspecified atom stereocenters. The Hall–Kier alpha value is -1.78. The van der Waals surface area contributed by atoms with Crippen LogP contribution < -0.4 is 10.2 Å². The number of nitrogens with zero attached hydrogens (tertiary/aromatic N) is 2. The standard InChI is InChI=1S/C16H19N3O.ClH/c1-12-7-8-15(18(12)2)16(20)19-10-9-17-11-13-5-3-4-6-14(13)19;/h3-8,17H,9-11H2,1-2H3;1H. The Bertz CT molecular complexity index is 651. The molecule has 0 saturated heterocycles. The smallest absolute Gasteiger partial charge is 0.274 e. The molecule has 21 heavy (non-hydrogen) atoms. The quantitative estimate of drug-likeness (QED) is 0.879. The number of benzene rings is 1. The molecule has 112 valence electrons. The van der Waals surface area contributed by atoms with Gasteiger partial charge in [0.1, 0.15) is 5.69 Å². The average molecular weight is 306 g/mol. The Morgan fingerprint density at radius 1 is 1.19 bits per heavy atom. The number of aromatic nitrogens is 1. The molecular weight excluding hydrogens is 286 g/mol. The van der Waals surface area contributed by atoms with E-state index in [1.807, 2.05) is 53.8 Å². The topological polar surface area (TPSA) is 37.3 Å². The van der Waals surface area contributed by atoms with E-state index in [1.165, 1.54) is 5.56 Å². The van der Waals surface area contributed by atoms with Crippen molar-refractivity contribution in [1.82, 2.24) is 9.88 Å². The summed E-state index contributed by atoms with van der Waals surface area (Å²) in [6.45, 7) is 4.32. The summed E-state index contributed by atoms with van der Waals surface area (Å²) in [5, 5.41) is 3.36. The summed E-state index contributed by atoms with van der Waals surface area (Å²) >= 11 is 0. The second-order valence-electron chi connectivity index (χ2n) is 5.18. The summed E-state index contributed by atoms with van der Waals surface area (Å²) in [6, 6.07) is 12.0. The highest BCUT2D eigenvalue weighted by Gasteiger charge is 2.23. The first kappa shape index (κ1) is 15.6. The van der Waals surface area contributed by atoms with Crippen molar-refractivity contribution in [2.24, 2.45) is 7.05 Å². The Morgan fingerprint density at radius 3 is 2.67 bits per heavy atom. The summed E-state index contributed by atoms with van der Waals surface area (Å²) in [4.78, 5) is 14.7. The van der Waals surface area contributed by atoms with E-state index >= 15 is 0 Å². The third kappa shape index (κ3) is 2.82. The lowest BCUT2D eigenvalue weighted by atomic mass is 10.1. The molecule has 0 atom stereocenters. The van der Waals surface area contributed by atoms with Crippen LogP contribution in [0.5, 0.6) is 0 Å². The van der Waals surface area contributed by atoms with Crippen molar-refractivity contribution in [2.75, 3.05) is 18.0 Å². The number of aryl methyl sites for hydroxylation is 1. The molecular formula is C16H20ClN3O. The molecule has 1 aliphatic heterocycles. The van der Waals surface area contributed by atoms with Gasteiger partial charge >= 0.3 is 0 Å². The monoisotopic (exact) mass is 305 g/mol. The highest BCUT2D eigenvalue weighted by atomic mass is 35.5. The zero-order valence-electron chi connectivity index (χ0n) is 12.3. The summed E-state index contributed by atoms with van der Waals surface area (Å²) in [7, 11) is 1.94. The Labute approximate surface area is 131 Å². The lowest BCUT2D eigenvalue weighted by Crippen LogP contribution is -2.35. The Kier molecular flexibility index (Phi) is 4.70. The zero-order valence-corrected chi connectivity index (χ0v) is 13.1. The van der Waals surface area contributed by atoms with Crippen molar-refractivity contribution in [3.05, 3.63) is 53.3 Å². The van der Waals surface area contributed by atoms with Crippen molar-refractivity contribution in [2.45, 2.75) is 13.5 Å². The van der Waals surface area contributed by atoms with Gasteiger partial charge in [0.15, 0.2) is 0 Å². The molecule has 1 aromatic carbocycles. The molecule has 1 aromatic heterocycles. The normalized spacial score (nSPS) is 14.1. The summed E-state index contributed by atoms with van der Waals surface area (Å²) in [5.74, 6) is 0.0664. The minimum atomic E-state index is 0. The van der Waals surface area contributed by atoms with Gasteiger partial charge in [-0.05, 0) is 30.7 Å². The summed E-state index contributed by atoms with van der Waals surface area (Å²) in [6.07, 6.45) is 0. The number of hydrogen-bond acceptors (Lipinski definition) is 2. The second-order valence-corrected chi connectivity index (χ2v) is 5.18. The number of para-hydroxylation sites is 1. The number of amides is 1. The van der Waals surface area contributed by atoms with Crippen LogP contribution in [0.3, 0.4) is 0 Å². The number of hydrogen-bond donors (Lipinski definition) is 1. The second kappa shape index (κ2) is 6.33. The van der Waals surface area contributed by atoms with Gasteiger partial charge in [-0.2, -0.15) is 0 Å². The molecule has 0 bridgehead atoms. The van der Waals surface area contributed by atoms with Crippen LogP contribution in [0.2, 0.25) is 0 Å². The minimum Gasteiger partial charge on any atom is -0.344 e. The van der Waals surface area contributed by atoms with Gasteiger partial charge in [0.25, 0.3) is 5.91 Å². The molecule has 0 aliphatic carbocycles. The molecule has 3 rings (SSSR count). The lowest BCUT2D eigenvalue weighted by Gasteiger charge is -2.22. The van der Waals surface area contributed by atoms with Crippen LogP contribution in [0, 0.1) is 6.92 Å². The van der Waals surface area contributed by atoms with E-state index in [1.54, 1.807) is 0 Å². The molecule has 1 amide bonds. The number of carbonyl (C=O) groups excluding carboxylic acids is 1. The van der Waals surface area contributed by atoms with Gasteiger partial charge < -0.3 is 14.8 Å². The van der Waals surface area contributed by atoms with Gasteiger partial charge in [0, 0.05) is 38.1 Å². The van der Waals surface area contributed by atoms with E-state index in [4.69, 9.17) is 0 Å². The van der Waals surface area contributed by atoms with Crippen LogP contribution in [0.25, 0.3) is 0 Å². The molecule has 2 heterocycles. The van der Waals surface area contributed by atoms with E-state index in [9.17, 15) is 4.79 Å². The number of nitrogens with one attached hydrogen (secondary N) is 1. The molecule has 0 spiro atoms. The highest BCUT2D eigenvalue weighted by molar-refractivity contribution is 6.05. The van der Waals surface area contributed by atoms with Crippen LogP contribution >= 0.6 is 12.4 Å². The van der Waals surface area contributed by atoms with Crippen LogP contribution in [-0.4, -0.2) is 23.6 Å². The highest BCUT2D eigenvalue weighted by Crippen LogP contribution is 2.24. The first-order valence-corrected chi connectivity index (χ1v) is 6.91. The van der Waals surface area contributed by atoms with E-state index in [-0.39, 0.29) is 18.3 Å². The van der Waals surface area contributed by atoms with Crippen molar-refractivity contribution >= 4 is 24.0 Å². The number of fused-ring (bicyclic) bond motifs is 1. The average Bonchev–Trinajstić information content (AvgIpc) is 2.68. The van der Waals surface area contributed by atoms with Crippen LogP contribution in [0.4, 0.5) is 5.69 Å². The minimum absolute atomic E-state index is 0. The van der Waals surface area contributed by atoms with Gasteiger partial charge in [-0.15, -0.1) is 12.4 Å². The van der Waals surface area contributed by atoms with Crippen molar-refractivity contribution in [1.29, 1.82) is 0 Å². The third-order valence-electron chi connectivity index (χ3n) is 3.95. The van der Waals surface area contributed by atoms with Gasteiger partial charge in [-0.3, -0.25) is 4.79 Å². The zero-order chi connectivity index (χ0) is 14.1. The third-order valence-corrected chi connectivity index (χ3v) is 3.95. The van der Waals surface area contributed by atoms with Crippen molar-refractivity contribution in [3.8, 4) is 0 Å². The van der Waals surface area contributed by atoms with Crippen LogP contribution in [0.1, 0.15) is 21.7 Å². The maximum atomic E-state index is 12.8. The van der Waals surface area contributed by atoms with Crippen molar-refractivity contribution in [3.63, 3.8) is 0 Å². The molecule has 5 heteroatoms. The lowest BCUT2D eigenvalue weighted by molar-refractivity contribution is 0.0979. The van der Waals surface area contributed by atoms with Gasteiger partial charge in [0.05, 0.1) is 0 Å². The fourth-order valence-electron chi connectivity index (χ4n) is 2.64. The van der Waals surface area contributed by atoms with Gasteiger partial charge in [0.2, 0.25) is 0 Å². The summed E-state index contributed by atoms with van der Waals surface area (Å²) < 4.78 is 1.95. The number of halogens is 1. The van der Waals surface area contributed by atoms with Gasteiger partial charge in [-0.25, -0.2) is 0 Å². The van der Waals surface area contributed by atoms with Crippen LogP contribution in [-0.2, 0) is 13.6 Å². The first-order chi connectivity index (χ1) is 9.68. The predicted octanol–water partition coefficient (Wildman–Crippen LogP) is 2.51. The SMILES string of the molecule is Cc1ccc(C(=O)N2CCNCc3ccccc32)n1C.Cl. The molecule has 1 N–H and O–H groups in total. The number of carbonyl (C=O) groups is 1. The Balaban J connectivity index is 0.00000161.